The molecule has 0 saturated carbocycles. The van der Waals surface area contributed by atoms with Crippen molar-refractivity contribution < 1.29 is 4.74 Å². The Morgan fingerprint density at radius 3 is 2.56 bits per heavy atom. The van der Waals surface area contributed by atoms with Crippen LogP contribution in [0.5, 0.6) is 5.75 Å². The van der Waals surface area contributed by atoms with Crippen LogP contribution in [-0.2, 0) is 0 Å². The molecule has 100 valence electrons. The van der Waals surface area contributed by atoms with Crippen LogP contribution in [0.1, 0.15) is 26.7 Å². The molecule has 2 heterocycles. The third-order valence-corrected chi connectivity index (χ3v) is 4.00. The molecule has 0 radical (unpaired) electrons. The second-order valence-electron chi connectivity index (χ2n) is 5.09. The van der Waals surface area contributed by atoms with E-state index in [0.717, 1.165) is 30.7 Å². The van der Waals surface area contributed by atoms with Gasteiger partial charge in [0.25, 0.3) is 0 Å². The Morgan fingerprint density at radius 1 is 1.33 bits per heavy atom. The molecule has 2 rings (SSSR count). The Labute approximate surface area is 113 Å². The zero-order valence-corrected chi connectivity index (χ0v) is 11.9. The smallest absolute Gasteiger partial charge is 0.199 e. The molecule has 1 saturated heterocycles. The molecule has 0 spiro atoms. The fourth-order valence-electron chi connectivity index (χ4n) is 2.52. The minimum Gasteiger partial charge on any atom is -0.490 e. The first-order chi connectivity index (χ1) is 8.63. The summed E-state index contributed by atoms with van der Waals surface area (Å²) in [7, 11) is 1.61. The Morgan fingerprint density at radius 2 is 2.00 bits per heavy atom. The van der Waals surface area contributed by atoms with Crippen molar-refractivity contribution >= 4 is 17.4 Å². The van der Waals surface area contributed by atoms with Gasteiger partial charge in [-0.3, -0.25) is 0 Å². The molecule has 0 amide bonds. The van der Waals surface area contributed by atoms with Gasteiger partial charge in [-0.2, -0.15) is 0 Å². The fraction of sp³-hybridized carbons (Fsp3) is 0.692. The highest BCUT2D eigenvalue weighted by molar-refractivity contribution is 6.31. The highest BCUT2D eigenvalue weighted by Crippen LogP contribution is 2.34. The van der Waals surface area contributed by atoms with E-state index in [1.54, 1.807) is 7.11 Å². The third kappa shape index (κ3) is 2.69. The van der Waals surface area contributed by atoms with E-state index < -0.39 is 0 Å². The first-order valence-electron chi connectivity index (χ1n) is 6.43. The summed E-state index contributed by atoms with van der Waals surface area (Å²) in [4.78, 5) is 10.5. The summed E-state index contributed by atoms with van der Waals surface area (Å²) >= 11 is 6.03. The van der Waals surface area contributed by atoms with E-state index in [-0.39, 0.29) is 0 Å². The fourth-order valence-corrected chi connectivity index (χ4v) is 2.73. The zero-order chi connectivity index (χ0) is 13.1. The van der Waals surface area contributed by atoms with Crippen molar-refractivity contribution in [2.24, 2.45) is 11.8 Å². The maximum Gasteiger partial charge on any atom is 0.199 e. The second-order valence-corrected chi connectivity index (χ2v) is 5.45. The lowest BCUT2D eigenvalue weighted by molar-refractivity contribution is 0.309. The highest BCUT2D eigenvalue weighted by Gasteiger charge is 2.25. The van der Waals surface area contributed by atoms with E-state index in [1.165, 1.54) is 19.2 Å². The van der Waals surface area contributed by atoms with Crippen LogP contribution < -0.4 is 9.64 Å². The maximum atomic E-state index is 6.03. The Hall–Kier alpha value is -1.03. The lowest BCUT2D eigenvalue weighted by Crippen LogP contribution is -2.36. The highest BCUT2D eigenvalue weighted by atomic mass is 35.5. The number of aromatic nitrogens is 2. The van der Waals surface area contributed by atoms with Crippen LogP contribution in [0, 0.1) is 11.8 Å². The molecule has 1 aromatic rings. The summed E-state index contributed by atoms with van der Waals surface area (Å²) in [6.07, 6.45) is 3.89. The molecule has 4 nitrogen and oxygen atoms in total. The average molecular weight is 270 g/mol. The molecule has 0 bridgehead atoms. The van der Waals surface area contributed by atoms with E-state index in [2.05, 4.69) is 28.7 Å². The second kappa shape index (κ2) is 5.74. The van der Waals surface area contributed by atoms with Crippen molar-refractivity contribution in [1.29, 1.82) is 0 Å². The summed E-state index contributed by atoms with van der Waals surface area (Å²) in [5.41, 5.74) is 0. The van der Waals surface area contributed by atoms with Crippen LogP contribution in [0.15, 0.2) is 6.33 Å². The largest absolute Gasteiger partial charge is 0.490 e. The normalized spacial score (nSPS) is 17.3. The van der Waals surface area contributed by atoms with Crippen LogP contribution in [0.3, 0.4) is 0 Å². The lowest BCUT2D eigenvalue weighted by Gasteiger charge is -2.35. The Kier molecular flexibility index (Phi) is 4.27. The van der Waals surface area contributed by atoms with E-state index >= 15 is 0 Å². The molecule has 0 atom stereocenters. The van der Waals surface area contributed by atoms with Crippen molar-refractivity contribution in [3.05, 3.63) is 11.5 Å². The van der Waals surface area contributed by atoms with Gasteiger partial charge in [-0.1, -0.05) is 25.4 Å². The van der Waals surface area contributed by atoms with E-state index in [4.69, 9.17) is 16.3 Å². The molecular weight excluding hydrogens is 250 g/mol. The number of nitrogens with zero attached hydrogens (tertiary/aromatic N) is 3. The summed E-state index contributed by atoms with van der Waals surface area (Å²) in [5, 5.41) is 0.383. The average Bonchev–Trinajstić information content (AvgIpc) is 2.38. The number of piperidine rings is 1. The third-order valence-electron chi connectivity index (χ3n) is 3.73. The minimum atomic E-state index is 0.383. The standard InChI is InChI=1S/C13H20ClN3O/c1-9(2)10-4-6-17(7-5-10)13-11(18-3)12(14)15-8-16-13/h8-10H,4-7H2,1-3H3. The first kappa shape index (κ1) is 13.4. The Balaban J connectivity index is 2.12. The first-order valence-corrected chi connectivity index (χ1v) is 6.80. The van der Waals surface area contributed by atoms with Gasteiger partial charge in [0.2, 0.25) is 0 Å². The molecule has 0 N–H and O–H groups in total. The predicted octanol–water partition coefficient (Wildman–Crippen LogP) is 3.01. The van der Waals surface area contributed by atoms with Gasteiger partial charge in [-0.25, -0.2) is 9.97 Å². The van der Waals surface area contributed by atoms with Crippen molar-refractivity contribution in [3.8, 4) is 5.75 Å². The number of hydrogen-bond acceptors (Lipinski definition) is 4. The van der Waals surface area contributed by atoms with Crippen molar-refractivity contribution in [3.63, 3.8) is 0 Å². The summed E-state index contributed by atoms with van der Waals surface area (Å²) in [5.74, 6) is 2.97. The molecular formula is C13H20ClN3O. The molecule has 0 unspecified atom stereocenters. The van der Waals surface area contributed by atoms with Crippen LogP contribution in [0.4, 0.5) is 5.82 Å². The van der Waals surface area contributed by atoms with Gasteiger partial charge in [-0.15, -0.1) is 0 Å². The van der Waals surface area contributed by atoms with Crippen molar-refractivity contribution in [1.82, 2.24) is 9.97 Å². The van der Waals surface area contributed by atoms with Crippen molar-refractivity contribution in [2.45, 2.75) is 26.7 Å². The number of rotatable bonds is 3. The molecule has 1 aliphatic rings. The number of halogens is 1. The van der Waals surface area contributed by atoms with Gasteiger partial charge in [0.1, 0.15) is 6.33 Å². The molecule has 1 fully saturated rings. The maximum absolute atomic E-state index is 6.03. The quantitative estimate of drug-likeness (QED) is 0.791. The molecule has 1 aliphatic heterocycles. The van der Waals surface area contributed by atoms with Gasteiger partial charge in [-0.05, 0) is 24.7 Å². The number of methoxy groups -OCH3 is 1. The van der Waals surface area contributed by atoms with E-state index in [1.807, 2.05) is 0 Å². The molecule has 0 aliphatic carbocycles. The van der Waals surface area contributed by atoms with Gasteiger partial charge < -0.3 is 9.64 Å². The van der Waals surface area contributed by atoms with Crippen LogP contribution in [-0.4, -0.2) is 30.2 Å². The van der Waals surface area contributed by atoms with Crippen molar-refractivity contribution in [2.75, 3.05) is 25.1 Å². The topological polar surface area (TPSA) is 38.3 Å². The van der Waals surface area contributed by atoms with E-state index in [0.29, 0.717) is 10.9 Å². The Bertz CT molecular complexity index is 403. The SMILES string of the molecule is COc1c(Cl)ncnc1N1CCC(C(C)C)CC1. The summed E-state index contributed by atoms with van der Waals surface area (Å²) < 4.78 is 5.31. The monoisotopic (exact) mass is 269 g/mol. The number of hydrogen-bond donors (Lipinski definition) is 0. The number of ether oxygens (including phenoxy) is 1. The lowest BCUT2D eigenvalue weighted by atomic mass is 9.87. The summed E-state index contributed by atoms with van der Waals surface area (Å²) in [6.45, 7) is 6.60. The van der Waals surface area contributed by atoms with Gasteiger partial charge in [0, 0.05) is 13.1 Å². The summed E-state index contributed by atoms with van der Waals surface area (Å²) in [6, 6.07) is 0. The minimum absolute atomic E-state index is 0.383. The number of anilines is 1. The van der Waals surface area contributed by atoms with Crippen LogP contribution >= 0.6 is 11.6 Å². The molecule has 5 heteroatoms. The molecule has 18 heavy (non-hydrogen) atoms. The van der Waals surface area contributed by atoms with Gasteiger partial charge in [0.05, 0.1) is 7.11 Å². The zero-order valence-electron chi connectivity index (χ0n) is 11.2. The van der Waals surface area contributed by atoms with Crippen LogP contribution in [0.25, 0.3) is 0 Å². The predicted molar refractivity (Wildman–Crippen MR) is 73.4 cm³/mol. The van der Waals surface area contributed by atoms with Gasteiger partial charge in [0.15, 0.2) is 16.7 Å². The molecule has 1 aromatic heterocycles. The molecule has 0 aromatic carbocycles. The van der Waals surface area contributed by atoms with Gasteiger partial charge >= 0.3 is 0 Å². The van der Waals surface area contributed by atoms with Crippen LogP contribution in [0.2, 0.25) is 5.15 Å². The van der Waals surface area contributed by atoms with E-state index in [9.17, 15) is 0 Å².